The summed E-state index contributed by atoms with van der Waals surface area (Å²) in [5.74, 6) is 0.115. The van der Waals surface area contributed by atoms with Crippen molar-refractivity contribution in [1.82, 2.24) is 0 Å². The molecule has 0 saturated carbocycles. The first-order valence-corrected chi connectivity index (χ1v) is 10.8. The molecule has 0 atom stereocenters. The maximum atomic E-state index is 13.1. The zero-order valence-corrected chi connectivity index (χ0v) is 18.1. The van der Waals surface area contributed by atoms with E-state index in [4.69, 9.17) is 14.2 Å². The number of hydrogen-bond acceptors (Lipinski definition) is 6. The largest absolute Gasteiger partial charge is 0.495 e. The van der Waals surface area contributed by atoms with E-state index in [-0.39, 0.29) is 22.9 Å². The molecule has 0 aliphatic rings. The quantitative estimate of drug-likeness (QED) is 0.505. The van der Waals surface area contributed by atoms with Crippen molar-refractivity contribution in [2.45, 2.75) is 4.90 Å². The summed E-state index contributed by atoms with van der Waals surface area (Å²) < 4.78 is 56.6. The van der Waals surface area contributed by atoms with Crippen LogP contribution in [0.15, 0.2) is 71.6 Å². The lowest BCUT2D eigenvalue weighted by atomic mass is 10.2. The van der Waals surface area contributed by atoms with E-state index in [2.05, 4.69) is 10.0 Å². The lowest BCUT2D eigenvalue weighted by molar-refractivity contribution is -0.118. The van der Waals surface area contributed by atoms with Crippen LogP contribution < -0.4 is 24.2 Å². The molecule has 0 aromatic heterocycles. The first kappa shape index (κ1) is 22.9. The number of carbonyl (C=O) groups is 1. The number of benzene rings is 3. The topological polar surface area (TPSA) is 103 Å². The Morgan fingerprint density at radius 2 is 1.56 bits per heavy atom. The van der Waals surface area contributed by atoms with Crippen LogP contribution in [-0.2, 0) is 14.8 Å². The third-order valence-corrected chi connectivity index (χ3v) is 5.66. The average Bonchev–Trinajstić information content (AvgIpc) is 2.78. The Morgan fingerprint density at radius 3 is 2.22 bits per heavy atom. The maximum absolute atomic E-state index is 13.1. The van der Waals surface area contributed by atoms with Gasteiger partial charge in [0.15, 0.2) is 18.1 Å². The van der Waals surface area contributed by atoms with E-state index in [0.717, 1.165) is 24.3 Å². The highest BCUT2D eigenvalue weighted by Gasteiger charge is 2.18. The van der Waals surface area contributed by atoms with E-state index in [1.807, 2.05) is 0 Å². The number of ether oxygens (including phenoxy) is 3. The Kier molecular flexibility index (Phi) is 7.16. The van der Waals surface area contributed by atoms with Gasteiger partial charge in [-0.1, -0.05) is 12.1 Å². The SMILES string of the molecule is COc1ccc(NC(=O)COc2ccccc2OC)cc1NS(=O)(=O)c1ccc(F)cc1. The predicted octanol–water partition coefficient (Wildman–Crippen LogP) is 3.66. The van der Waals surface area contributed by atoms with Crippen LogP contribution in [0.5, 0.6) is 17.2 Å². The summed E-state index contributed by atoms with van der Waals surface area (Å²) in [5, 5.41) is 2.63. The van der Waals surface area contributed by atoms with Crippen molar-refractivity contribution < 1.29 is 31.8 Å². The minimum Gasteiger partial charge on any atom is -0.495 e. The molecule has 0 heterocycles. The van der Waals surface area contributed by atoms with Crippen LogP contribution in [0.3, 0.4) is 0 Å². The van der Waals surface area contributed by atoms with Gasteiger partial charge in [-0.05, 0) is 54.6 Å². The molecule has 0 aliphatic carbocycles. The Hall–Kier alpha value is -3.79. The Balaban J connectivity index is 1.72. The monoisotopic (exact) mass is 460 g/mol. The summed E-state index contributed by atoms with van der Waals surface area (Å²) in [4.78, 5) is 12.2. The van der Waals surface area contributed by atoms with Crippen LogP contribution in [0.2, 0.25) is 0 Å². The number of sulfonamides is 1. The van der Waals surface area contributed by atoms with Crippen molar-refractivity contribution in [3.63, 3.8) is 0 Å². The first-order valence-electron chi connectivity index (χ1n) is 9.34. The third kappa shape index (κ3) is 5.67. The van der Waals surface area contributed by atoms with Gasteiger partial charge in [0.25, 0.3) is 15.9 Å². The lowest BCUT2D eigenvalue weighted by Crippen LogP contribution is -2.20. The van der Waals surface area contributed by atoms with Crippen LogP contribution in [-0.4, -0.2) is 35.2 Å². The van der Waals surface area contributed by atoms with Crippen molar-refractivity contribution in [2.24, 2.45) is 0 Å². The summed E-state index contributed by atoms with van der Waals surface area (Å²) in [6.45, 7) is -0.289. The molecule has 0 aliphatic heterocycles. The first-order chi connectivity index (χ1) is 15.3. The smallest absolute Gasteiger partial charge is 0.262 e. The van der Waals surface area contributed by atoms with Crippen LogP contribution in [0.1, 0.15) is 0 Å². The fourth-order valence-electron chi connectivity index (χ4n) is 2.76. The lowest BCUT2D eigenvalue weighted by Gasteiger charge is -2.14. The highest BCUT2D eigenvalue weighted by molar-refractivity contribution is 7.92. The second-order valence-corrected chi connectivity index (χ2v) is 8.14. The maximum Gasteiger partial charge on any atom is 0.262 e. The fourth-order valence-corrected chi connectivity index (χ4v) is 3.82. The number of hydrogen-bond donors (Lipinski definition) is 2. The molecule has 3 rings (SSSR count). The number of carbonyl (C=O) groups excluding carboxylic acids is 1. The molecule has 0 spiro atoms. The Labute approximate surface area is 185 Å². The second kappa shape index (κ2) is 10.0. The van der Waals surface area contributed by atoms with Crippen LogP contribution in [0.25, 0.3) is 0 Å². The number of anilines is 2. The van der Waals surface area contributed by atoms with Gasteiger partial charge in [-0.15, -0.1) is 0 Å². The van der Waals surface area contributed by atoms with Gasteiger partial charge in [0.1, 0.15) is 11.6 Å². The van der Waals surface area contributed by atoms with Crippen LogP contribution in [0, 0.1) is 5.82 Å². The number of amides is 1. The summed E-state index contributed by atoms with van der Waals surface area (Å²) in [5.41, 5.74) is 0.413. The van der Waals surface area contributed by atoms with Crippen molar-refractivity contribution in [3.8, 4) is 17.2 Å². The van der Waals surface area contributed by atoms with E-state index in [1.165, 1.54) is 26.4 Å². The van der Waals surface area contributed by atoms with Gasteiger partial charge in [-0.3, -0.25) is 9.52 Å². The molecule has 0 fully saturated rings. The number of para-hydroxylation sites is 2. The zero-order chi connectivity index (χ0) is 23.1. The molecular weight excluding hydrogens is 439 g/mol. The fraction of sp³-hybridized carbons (Fsp3) is 0.136. The minimum absolute atomic E-state index is 0.0975. The number of halogens is 1. The molecule has 10 heteroatoms. The van der Waals surface area contributed by atoms with Crippen molar-refractivity contribution in [1.29, 1.82) is 0 Å². The third-order valence-electron chi connectivity index (χ3n) is 4.28. The molecule has 3 aromatic rings. The summed E-state index contributed by atoms with van der Waals surface area (Å²) in [7, 11) is -1.14. The molecule has 0 saturated heterocycles. The normalized spacial score (nSPS) is 10.8. The summed E-state index contributed by atoms with van der Waals surface area (Å²) >= 11 is 0. The molecule has 0 radical (unpaired) electrons. The molecule has 3 aromatic carbocycles. The standard InChI is InChI=1S/C22H21FN2O6S/c1-29-19-12-9-16(24-22(26)14-31-21-6-4-3-5-20(21)30-2)13-18(19)25-32(27,28)17-10-7-15(23)8-11-17/h3-13,25H,14H2,1-2H3,(H,24,26). The van der Waals surface area contributed by atoms with Gasteiger partial charge in [0, 0.05) is 5.69 Å². The number of nitrogens with one attached hydrogen (secondary N) is 2. The second-order valence-electron chi connectivity index (χ2n) is 6.46. The molecule has 1 amide bonds. The van der Waals surface area contributed by atoms with Crippen LogP contribution >= 0.6 is 0 Å². The van der Waals surface area contributed by atoms with E-state index < -0.39 is 21.7 Å². The van der Waals surface area contributed by atoms with Gasteiger partial charge >= 0.3 is 0 Å². The highest BCUT2D eigenvalue weighted by Crippen LogP contribution is 2.30. The molecule has 0 bridgehead atoms. The molecule has 32 heavy (non-hydrogen) atoms. The van der Waals surface area contributed by atoms with Gasteiger partial charge < -0.3 is 19.5 Å². The minimum atomic E-state index is -4.01. The average molecular weight is 460 g/mol. The molecule has 2 N–H and O–H groups in total. The molecular formula is C22H21FN2O6S. The zero-order valence-electron chi connectivity index (χ0n) is 17.3. The van der Waals surface area contributed by atoms with E-state index in [0.29, 0.717) is 17.2 Å². The van der Waals surface area contributed by atoms with Crippen molar-refractivity contribution in [2.75, 3.05) is 30.9 Å². The van der Waals surface area contributed by atoms with Crippen molar-refractivity contribution >= 4 is 27.3 Å². The molecule has 8 nitrogen and oxygen atoms in total. The molecule has 168 valence electrons. The summed E-state index contributed by atoms with van der Waals surface area (Å²) in [6.07, 6.45) is 0. The van der Waals surface area contributed by atoms with Crippen LogP contribution in [0.4, 0.5) is 15.8 Å². The predicted molar refractivity (Wildman–Crippen MR) is 117 cm³/mol. The van der Waals surface area contributed by atoms with E-state index >= 15 is 0 Å². The Morgan fingerprint density at radius 1 is 0.906 bits per heavy atom. The van der Waals surface area contributed by atoms with Crippen molar-refractivity contribution in [3.05, 3.63) is 72.5 Å². The van der Waals surface area contributed by atoms with E-state index in [9.17, 15) is 17.6 Å². The number of methoxy groups -OCH3 is 2. The van der Waals surface area contributed by atoms with Gasteiger partial charge in [0.05, 0.1) is 24.8 Å². The van der Waals surface area contributed by atoms with Gasteiger partial charge in [0.2, 0.25) is 0 Å². The highest BCUT2D eigenvalue weighted by atomic mass is 32.2. The van der Waals surface area contributed by atoms with Gasteiger partial charge in [-0.2, -0.15) is 0 Å². The number of rotatable bonds is 9. The summed E-state index contributed by atoms with van der Waals surface area (Å²) in [6, 6.07) is 15.7. The van der Waals surface area contributed by atoms with Gasteiger partial charge in [-0.25, -0.2) is 12.8 Å². The van der Waals surface area contributed by atoms with E-state index in [1.54, 1.807) is 30.3 Å². The molecule has 0 unspecified atom stereocenters. The Bertz CT molecular complexity index is 1200.